The number of carbonyl (C=O) groups is 4. The average molecular weight is 602 g/mol. The molecule has 224 valence electrons. The first-order valence-corrected chi connectivity index (χ1v) is 13.5. The third-order valence-electron chi connectivity index (χ3n) is 7.00. The molecule has 41 heavy (non-hydrogen) atoms. The van der Waals surface area contributed by atoms with Crippen LogP contribution in [0.3, 0.4) is 0 Å². The van der Waals surface area contributed by atoms with Gasteiger partial charge in [0.1, 0.15) is 17.8 Å². The zero-order valence-electron chi connectivity index (χ0n) is 23.2. The van der Waals surface area contributed by atoms with E-state index in [4.69, 9.17) is 11.6 Å². The molecule has 0 aliphatic carbocycles. The second-order valence-corrected chi connectivity index (χ2v) is 11.0. The Hall–Kier alpha value is -3.48. The Morgan fingerprint density at radius 2 is 1.68 bits per heavy atom. The minimum Gasteiger partial charge on any atom is -0.344 e. The maximum atomic E-state index is 14.5. The van der Waals surface area contributed by atoms with Gasteiger partial charge in [0.15, 0.2) is 5.82 Å². The van der Waals surface area contributed by atoms with E-state index in [9.17, 15) is 36.7 Å². The molecule has 0 radical (unpaired) electrons. The lowest BCUT2D eigenvalue weighted by atomic mass is 9.98. The molecular weight excluding hydrogens is 570 g/mol. The fourth-order valence-electron chi connectivity index (χ4n) is 4.71. The summed E-state index contributed by atoms with van der Waals surface area (Å²) in [5.74, 6) is -6.21. The van der Waals surface area contributed by atoms with Gasteiger partial charge < -0.3 is 15.5 Å². The van der Waals surface area contributed by atoms with Crippen LogP contribution in [0.2, 0.25) is 5.02 Å². The van der Waals surface area contributed by atoms with Crippen LogP contribution < -0.4 is 10.6 Å². The molecule has 0 unspecified atom stereocenters. The molecule has 3 rings (SSSR count). The molecule has 2 aromatic rings. The van der Waals surface area contributed by atoms with Crippen LogP contribution in [0.15, 0.2) is 24.4 Å². The van der Waals surface area contributed by atoms with E-state index in [1.165, 1.54) is 47.8 Å². The van der Waals surface area contributed by atoms with Crippen LogP contribution in [0.4, 0.5) is 17.6 Å². The van der Waals surface area contributed by atoms with Crippen molar-refractivity contribution >= 4 is 35.1 Å². The van der Waals surface area contributed by atoms with Crippen LogP contribution in [0.5, 0.6) is 0 Å². The van der Waals surface area contributed by atoms with E-state index in [0.29, 0.717) is 6.42 Å². The Kier molecular flexibility index (Phi) is 9.83. The van der Waals surface area contributed by atoms with Gasteiger partial charge in [0, 0.05) is 6.54 Å². The smallest absolute Gasteiger partial charge is 0.344 e. The Bertz CT molecular complexity index is 1330. The van der Waals surface area contributed by atoms with Crippen molar-refractivity contribution in [1.82, 2.24) is 25.3 Å². The van der Waals surface area contributed by atoms with Gasteiger partial charge in [-0.25, -0.2) is 9.07 Å². The summed E-state index contributed by atoms with van der Waals surface area (Å²) < 4.78 is 55.0. The second kappa shape index (κ2) is 12.6. The number of nitrogens with one attached hydrogen (secondary N) is 2. The summed E-state index contributed by atoms with van der Waals surface area (Å²) in [5.41, 5.74) is 0.384. The molecule has 0 bridgehead atoms. The van der Waals surface area contributed by atoms with Gasteiger partial charge in [-0.05, 0) is 43.7 Å². The van der Waals surface area contributed by atoms with E-state index in [2.05, 4.69) is 15.7 Å². The van der Waals surface area contributed by atoms with Crippen molar-refractivity contribution in [2.24, 2.45) is 11.8 Å². The number of amides is 3. The number of likely N-dealkylation sites (tertiary alicyclic amines) is 1. The topological polar surface area (TPSA) is 113 Å². The van der Waals surface area contributed by atoms with Crippen molar-refractivity contribution in [1.29, 1.82) is 0 Å². The zero-order valence-corrected chi connectivity index (χ0v) is 23.9. The van der Waals surface area contributed by atoms with Crippen molar-refractivity contribution in [2.75, 3.05) is 6.54 Å². The fraction of sp³-hybridized carbons (Fsp3) is 0.519. The first-order chi connectivity index (χ1) is 19.1. The first-order valence-electron chi connectivity index (χ1n) is 13.1. The Labute approximate surface area is 239 Å². The van der Waals surface area contributed by atoms with Gasteiger partial charge in [-0.3, -0.25) is 19.2 Å². The van der Waals surface area contributed by atoms with E-state index in [1.807, 2.05) is 0 Å². The highest BCUT2D eigenvalue weighted by molar-refractivity contribution is 6.30. The van der Waals surface area contributed by atoms with Gasteiger partial charge in [0.25, 0.3) is 11.7 Å². The molecule has 1 aliphatic rings. The number of rotatable bonds is 9. The molecule has 9 nitrogen and oxygen atoms in total. The molecule has 1 aromatic heterocycles. The van der Waals surface area contributed by atoms with E-state index < -0.39 is 65.5 Å². The Balaban J connectivity index is 1.79. The molecule has 14 heteroatoms. The Morgan fingerprint density at radius 3 is 2.27 bits per heavy atom. The molecule has 1 saturated heterocycles. The van der Waals surface area contributed by atoms with Gasteiger partial charge in [-0.2, -0.15) is 18.3 Å². The molecule has 1 aliphatic heterocycles. The van der Waals surface area contributed by atoms with E-state index in [-0.39, 0.29) is 34.9 Å². The number of hydrogen-bond acceptors (Lipinski definition) is 5. The quantitative estimate of drug-likeness (QED) is 0.422. The van der Waals surface area contributed by atoms with Crippen LogP contribution in [0.1, 0.15) is 56.6 Å². The van der Waals surface area contributed by atoms with Crippen molar-refractivity contribution in [3.8, 4) is 5.69 Å². The van der Waals surface area contributed by atoms with Gasteiger partial charge in [0.2, 0.25) is 11.8 Å². The number of benzene rings is 1. The lowest BCUT2D eigenvalue weighted by Gasteiger charge is -2.31. The third-order valence-corrected chi connectivity index (χ3v) is 7.29. The maximum absolute atomic E-state index is 14.5. The van der Waals surface area contributed by atoms with Crippen LogP contribution in [0, 0.1) is 24.6 Å². The standard InChI is InChI=1S/C27H32ClF4N5O4/c1-13(2)21(23(38)27(30,31)32)34-25(40)19-10-7-11-36(19)26(41)22(14(3)4)35-24(39)16-12-33-37(15(16)5)18-9-6-8-17(28)20(18)29/h6,8-9,12-14,19,21-22H,7,10-11H2,1-5H3,(H,34,40)(H,35,39)/t19-,21-,22-/m0/s1. The molecule has 0 saturated carbocycles. The highest BCUT2D eigenvalue weighted by atomic mass is 35.5. The van der Waals surface area contributed by atoms with Crippen LogP contribution in [-0.4, -0.2) is 69.0 Å². The summed E-state index contributed by atoms with van der Waals surface area (Å²) in [6, 6.07) is 0.324. The predicted octanol–water partition coefficient (Wildman–Crippen LogP) is 3.99. The first kappa shape index (κ1) is 32.0. The lowest BCUT2D eigenvalue weighted by molar-refractivity contribution is -0.175. The summed E-state index contributed by atoms with van der Waals surface area (Å²) in [7, 11) is 0. The summed E-state index contributed by atoms with van der Waals surface area (Å²) in [4.78, 5) is 52.9. The monoisotopic (exact) mass is 601 g/mol. The summed E-state index contributed by atoms with van der Waals surface area (Å²) in [6.45, 7) is 7.80. The van der Waals surface area contributed by atoms with Crippen molar-refractivity contribution in [3.63, 3.8) is 0 Å². The predicted molar refractivity (Wildman–Crippen MR) is 142 cm³/mol. The number of halogens is 5. The number of nitrogens with zero attached hydrogens (tertiary/aromatic N) is 3. The van der Waals surface area contributed by atoms with Crippen molar-refractivity contribution in [3.05, 3.63) is 46.5 Å². The molecule has 0 spiro atoms. The van der Waals surface area contributed by atoms with Gasteiger partial charge in [0.05, 0.1) is 28.5 Å². The largest absolute Gasteiger partial charge is 0.452 e. The number of alkyl halides is 3. The second-order valence-electron chi connectivity index (χ2n) is 10.6. The van der Waals surface area contributed by atoms with Crippen molar-refractivity contribution < 1.29 is 36.7 Å². The van der Waals surface area contributed by atoms with Crippen LogP contribution in [-0.2, 0) is 14.4 Å². The third kappa shape index (κ3) is 6.88. The number of Topliss-reactive ketones (excluding diaryl/α,β-unsaturated/α-hetero) is 1. The van der Waals surface area contributed by atoms with E-state index >= 15 is 0 Å². The van der Waals surface area contributed by atoms with E-state index in [0.717, 1.165) is 0 Å². The van der Waals surface area contributed by atoms with E-state index in [1.54, 1.807) is 20.8 Å². The Morgan fingerprint density at radius 1 is 1.05 bits per heavy atom. The zero-order chi connectivity index (χ0) is 30.8. The SMILES string of the molecule is Cc1c(C(=O)N[C@H](C(=O)N2CCC[C@H]2C(=O)N[C@H](C(=O)C(F)(F)F)C(C)C)C(C)C)cnn1-c1cccc(Cl)c1F. The van der Waals surface area contributed by atoms with Crippen LogP contribution in [0.25, 0.3) is 5.69 Å². The molecular formula is C27H32ClF4N5O4. The minimum atomic E-state index is -5.13. The van der Waals surface area contributed by atoms with Gasteiger partial charge >= 0.3 is 6.18 Å². The highest BCUT2D eigenvalue weighted by Gasteiger charge is 2.46. The number of aromatic nitrogens is 2. The minimum absolute atomic E-state index is 0.0279. The van der Waals surface area contributed by atoms with Crippen molar-refractivity contribution in [2.45, 2.75) is 71.8 Å². The number of hydrogen-bond donors (Lipinski definition) is 2. The number of carbonyl (C=O) groups excluding carboxylic acids is 4. The lowest BCUT2D eigenvalue weighted by Crippen LogP contribution is -2.58. The van der Waals surface area contributed by atoms with Gasteiger partial charge in [-0.1, -0.05) is 45.4 Å². The summed E-state index contributed by atoms with van der Waals surface area (Å²) in [6.07, 6.45) is -3.33. The van der Waals surface area contributed by atoms with Gasteiger partial charge in [-0.15, -0.1) is 0 Å². The summed E-state index contributed by atoms with van der Waals surface area (Å²) >= 11 is 5.87. The molecule has 3 amide bonds. The molecule has 3 atom stereocenters. The maximum Gasteiger partial charge on any atom is 0.452 e. The summed E-state index contributed by atoms with van der Waals surface area (Å²) in [5, 5.41) is 8.81. The fourth-order valence-corrected chi connectivity index (χ4v) is 4.88. The molecule has 1 fully saturated rings. The average Bonchev–Trinajstić information content (AvgIpc) is 3.53. The normalized spacial score (nSPS) is 17.1. The molecule has 2 heterocycles. The molecule has 2 N–H and O–H groups in total. The van der Waals surface area contributed by atoms with Crippen LogP contribution >= 0.6 is 11.6 Å². The number of ketones is 1. The molecule has 1 aromatic carbocycles. The highest BCUT2D eigenvalue weighted by Crippen LogP contribution is 2.25.